The van der Waals surface area contributed by atoms with Gasteiger partial charge in [0, 0.05) is 6.42 Å². The van der Waals surface area contributed by atoms with Crippen molar-refractivity contribution in [3.8, 4) is 5.75 Å². The highest BCUT2D eigenvalue weighted by Gasteiger charge is 2.26. The monoisotopic (exact) mass is 194 g/mol. The third-order valence-corrected chi connectivity index (χ3v) is 2.14. The number of ketones is 1. The highest BCUT2D eigenvalue weighted by molar-refractivity contribution is 5.85. The quantitative estimate of drug-likeness (QED) is 0.694. The van der Waals surface area contributed by atoms with Crippen molar-refractivity contribution >= 4 is 5.78 Å². The van der Waals surface area contributed by atoms with Gasteiger partial charge in [-0.15, -0.1) is 0 Å². The topological polar surface area (TPSA) is 72.3 Å². The Morgan fingerprint density at radius 1 is 1.43 bits per heavy atom. The molecular weight excluding hydrogens is 184 g/mol. The van der Waals surface area contributed by atoms with E-state index >= 15 is 0 Å². The van der Waals surface area contributed by atoms with Crippen LogP contribution in [0.5, 0.6) is 5.75 Å². The van der Waals surface area contributed by atoms with E-state index in [1.807, 2.05) is 0 Å². The first-order chi connectivity index (χ1) is 6.77. The number of carbonyl (C=O) groups is 1. The molecular formula is C9H10N2O3. The molecule has 1 fully saturated rings. The van der Waals surface area contributed by atoms with E-state index in [1.165, 1.54) is 12.4 Å². The molecule has 0 saturated carbocycles. The number of aromatic hydroxyl groups is 1. The van der Waals surface area contributed by atoms with E-state index in [0.29, 0.717) is 25.5 Å². The molecule has 0 amide bonds. The summed E-state index contributed by atoms with van der Waals surface area (Å²) in [6.07, 6.45) is 2.98. The predicted octanol–water partition coefficient (Wildman–Crippen LogP) is 0.255. The smallest absolute Gasteiger partial charge is 0.152 e. The molecule has 0 spiro atoms. The van der Waals surface area contributed by atoms with Crippen LogP contribution in [0.4, 0.5) is 0 Å². The fourth-order valence-corrected chi connectivity index (χ4v) is 1.37. The van der Waals surface area contributed by atoms with Gasteiger partial charge in [0.25, 0.3) is 0 Å². The zero-order valence-electron chi connectivity index (χ0n) is 7.51. The van der Waals surface area contributed by atoms with Crippen molar-refractivity contribution in [1.82, 2.24) is 9.97 Å². The van der Waals surface area contributed by atoms with Gasteiger partial charge in [-0.05, 0) is 0 Å². The highest BCUT2D eigenvalue weighted by atomic mass is 16.5. The number of ether oxygens (including phenoxy) is 1. The fourth-order valence-electron chi connectivity index (χ4n) is 1.37. The van der Waals surface area contributed by atoms with Gasteiger partial charge in [0.1, 0.15) is 17.5 Å². The summed E-state index contributed by atoms with van der Waals surface area (Å²) in [5, 5.41) is 8.98. The van der Waals surface area contributed by atoms with Crippen molar-refractivity contribution in [2.45, 2.75) is 12.3 Å². The van der Waals surface area contributed by atoms with Crippen LogP contribution >= 0.6 is 0 Å². The maximum Gasteiger partial charge on any atom is 0.152 e. The van der Waals surface area contributed by atoms with E-state index < -0.39 is 0 Å². The van der Waals surface area contributed by atoms with Crippen molar-refractivity contribution in [3.63, 3.8) is 0 Å². The van der Waals surface area contributed by atoms with Crippen molar-refractivity contribution in [2.24, 2.45) is 0 Å². The molecule has 0 radical (unpaired) electrons. The molecule has 1 saturated heterocycles. The third kappa shape index (κ3) is 1.72. The summed E-state index contributed by atoms with van der Waals surface area (Å²) in [7, 11) is 0. The van der Waals surface area contributed by atoms with Crippen LogP contribution in [0, 0.1) is 0 Å². The average molecular weight is 194 g/mol. The average Bonchev–Trinajstić information content (AvgIpc) is 2.20. The summed E-state index contributed by atoms with van der Waals surface area (Å²) in [5.74, 6) is 0.150. The van der Waals surface area contributed by atoms with Gasteiger partial charge in [-0.3, -0.25) is 4.79 Å². The van der Waals surface area contributed by atoms with Gasteiger partial charge < -0.3 is 9.84 Å². The molecule has 5 heteroatoms. The molecule has 1 atom stereocenters. The molecule has 2 heterocycles. The maximum atomic E-state index is 11.5. The molecule has 1 N–H and O–H groups in total. The zero-order valence-corrected chi connectivity index (χ0v) is 7.51. The molecule has 1 aromatic heterocycles. The third-order valence-electron chi connectivity index (χ3n) is 2.14. The minimum Gasteiger partial charge on any atom is -0.505 e. The lowest BCUT2D eigenvalue weighted by molar-refractivity contribution is -0.126. The summed E-state index contributed by atoms with van der Waals surface area (Å²) >= 11 is 0. The molecule has 0 aliphatic carbocycles. The van der Waals surface area contributed by atoms with E-state index in [1.54, 1.807) is 0 Å². The SMILES string of the molecule is O=C1CCOCC1c1ncc(O)cn1. The second kappa shape index (κ2) is 3.71. The van der Waals surface area contributed by atoms with Crippen LogP contribution in [0.1, 0.15) is 18.2 Å². The van der Waals surface area contributed by atoms with E-state index in [9.17, 15) is 4.79 Å². The van der Waals surface area contributed by atoms with Crippen molar-refractivity contribution in [3.05, 3.63) is 18.2 Å². The lowest BCUT2D eigenvalue weighted by atomic mass is 10.00. The first-order valence-corrected chi connectivity index (χ1v) is 4.39. The Bertz CT molecular complexity index is 336. The Labute approximate surface area is 80.8 Å². The number of hydrogen-bond donors (Lipinski definition) is 1. The van der Waals surface area contributed by atoms with Gasteiger partial charge in [0.2, 0.25) is 0 Å². The fraction of sp³-hybridized carbons (Fsp3) is 0.444. The number of hydrogen-bond acceptors (Lipinski definition) is 5. The van der Waals surface area contributed by atoms with Crippen LogP contribution < -0.4 is 0 Å². The molecule has 1 aliphatic heterocycles. The Morgan fingerprint density at radius 3 is 2.79 bits per heavy atom. The zero-order chi connectivity index (χ0) is 9.97. The number of Topliss-reactive ketones (excluding diaryl/α,β-unsaturated/α-hetero) is 1. The molecule has 14 heavy (non-hydrogen) atoms. The Morgan fingerprint density at radius 2 is 2.14 bits per heavy atom. The predicted molar refractivity (Wildman–Crippen MR) is 46.9 cm³/mol. The summed E-state index contributed by atoms with van der Waals surface area (Å²) in [6.45, 7) is 0.816. The minimum absolute atomic E-state index is 0.00192. The van der Waals surface area contributed by atoms with Crippen molar-refractivity contribution < 1.29 is 14.6 Å². The Balaban J connectivity index is 2.20. The van der Waals surface area contributed by atoms with E-state index in [0.717, 1.165) is 0 Å². The van der Waals surface area contributed by atoms with Gasteiger partial charge in [-0.25, -0.2) is 9.97 Å². The van der Waals surface area contributed by atoms with E-state index in [-0.39, 0.29) is 17.5 Å². The number of carbonyl (C=O) groups excluding carboxylic acids is 1. The maximum absolute atomic E-state index is 11.5. The van der Waals surface area contributed by atoms with E-state index in [4.69, 9.17) is 9.84 Å². The van der Waals surface area contributed by atoms with Gasteiger partial charge in [-0.2, -0.15) is 0 Å². The van der Waals surface area contributed by atoms with Crippen LogP contribution in [0.3, 0.4) is 0 Å². The van der Waals surface area contributed by atoms with Crippen LogP contribution in [0.2, 0.25) is 0 Å². The standard InChI is InChI=1S/C9H10N2O3/c12-6-3-10-9(11-4-6)7-5-14-2-1-8(7)13/h3-4,7,12H,1-2,5H2. The largest absolute Gasteiger partial charge is 0.505 e. The Hall–Kier alpha value is -1.49. The van der Waals surface area contributed by atoms with Gasteiger partial charge in [-0.1, -0.05) is 0 Å². The van der Waals surface area contributed by atoms with Crippen LogP contribution in [-0.4, -0.2) is 34.1 Å². The summed E-state index contributed by atoms with van der Waals surface area (Å²) in [4.78, 5) is 19.2. The second-order valence-corrected chi connectivity index (χ2v) is 3.14. The number of aromatic nitrogens is 2. The number of rotatable bonds is 1. The van der Waals surface area contributed by atoms with Crippen molar-refractivity contribution in [1.29, 1.82) is 0 Å². The first kappa shape index (κ1) is 9.08. The van der Waals surface area contributed by atoms with Gasteiger partial charge >= 0.3 is 0 Å². The van der Waals surface area contributed by atoms with Gasteiger partial charge in [0.05, 0.1) is 25.6 Å². The van der Waals surface area contributed by atoms with Crippen LogP contribution in [0.15, 0.2) is 12.4 Å². The summed E-state index contributed by atoms with van der Waals surface area (Å²) < 4.78 is 5.17. The first-order valence-electron chi connectivity index (χ1n) is 4.39. The molecule has 0 aromatic carbocycles. The van der Waals surface area contributed by atoms with E-state index in [2.05, 4.69) is 9.97 Å². The van der Waals surface area contributed by atoms with Crippen molar-refractivity contribution in [2.75, 3.05) is 13.2 Å². The molecule has 1 aromatic rings. The molecule has 74 valence electrons. The number of nitrogens with zero attached hydrogens (tertiary/aromatic N) is 2. The lowest BCUT2D eigenvalue weighted by Gasteiger charge is -2.19. The second-order valence-electron chi connectivity index (χ2n) is 3.14. The Kier molecular flexibility index (Phi) is 2.41. The highest BCUT2D eigenvalue weighted by Crippen LogP contribution is 2.19. The summed E-state index contributed by atoms with van der Waals surface area (Å²) in [6, 6.07) is 0. The molecule has 0 bridgehead atoms. The minimum atomic E-state index is -0.371. The van der Waals surface area contributed by atoms with Crippen LogP contribution in [-0.2, 0) is 9.53 Å². The van der Waals surface area contributed by atoms with Crippen LogP contribution in [0.25, 0.3) is 0 Å². The molecule has 1 unspecified atom stereocenters. The van der Waals surface area contributed by atoms with Gasteiger partial charge in [0.15, 0.2) is 5.75 Å². The molecule has 5 nitrogen and oxygen atoms in total. The lowest BCUT2D eigenvalue weighted by Crippen LogP contribution is -2.27. The molecule has 2 rings (SSSR count). The molecule has 1 aliphatic rings. The normalized spacial score (nSPS) is 22.3. The summed E-state index contributed by atoms with van der Waals surface area (Å²) in [5.41, 5.74) is 0.